The molecule has 2 atom stereocenters. The Morgan fingerprint density at radius 2 is 2.17 bits per heavy atom. The van der Waals surface area contributed by atoms with E-state index in [1.807, 2.05) is 31.6 Å². The van der Waals surface area contributed by atoms with Crippen molar-refractivity contribution in [2.24, 2.45) is 0 Å². The number of hydrogen-bond acceptors (Lipinski definition) is 7. The summed E-state index contributed by atoms with van der Waals surface area (Å²) in [5, 5.41) is 0.775. The second-order valence-electron chi connectivity index (χ2n) is 7.51. The number of rotatable bonds is 3. The summed E-state index contributed by atoms with van der Waals surface area (Å²) in [5.41, 5.74) is 5.00. The number of ether oxygens (including phenoxy) is 2. The van der Waals surface area contributed by atoms with Gasteiger partial charge in [0, 0.05) is 30.6 Å². The van der Waals surface area contributed by atoms with E-state index in [1.54, 1.807) is 4.40 Å². The van der Waals surface area contributed by atoms with Gasteiger partial charge in [-0.25, -0.2) is 9.97 Å². The molecule has 2 aliphatic heterocycles. The maximum atomic E-state index is 13.0. The van der Waals surface area contributed by atoms with Crippen LogP contribution in [0, 0.1) is 6.92 Å². The van der Waals surface area contributed by atoms with Gasteiger partial charge in [0.2, 0.25) is 0 Å². The van der Waals surface area contributed by atoms with Crippen molar-refractivity contribution in [3.05, 3.63) is 63.1 Å². The lowest BCUT2D eigenvalue weighted by molar-refractivity contribution is 0.00442. The maximum absolute atomic E-state index is 13.0. The van der Waals surface area contributed by atoms with Crippen LogP contribution in [0.1, 0.15) is 53.1 Å². The van der Waals surface area contributed by atoms with Crippen LogP contribution in [0.25, 0.3) is 5.65 Å². The molecule has 2 unspecified atom stereocenters. The van der Waals surface area contributed by atoms with Gasteiger partial charge in [-0.15, -0.1) is 11.8 Å². The third-order valence-electron chi connectivity index (χ3n) is 5.65. The van der Waals surface area contributed by atoms with Crippen molar-refractivity contribution in [2.45, 2.75) is 50.0 Å². The fourth-order valence-corrected chi connectivity index (χ4v) is 4.65. The van der Waals surface area contributed by atoms with Crippen molar-refractivity contribution in [1.29, 1.82) is 0 Å². The van der Waals surface area contributed by atoms with Gasteiger partial charge in [0.25, 0.3) is 5.56 Å². The van der Waals surface area contributed by atoms with E-state index in [0.717, 1.165) is 40.5 Å². The minimum atomic E-state index is -0.0465. The number of nitrogens with zero attached hydrogens (tertiary/aromatic N) is 4. The highest BCUT2D eigenvalue weighted by molar-refractivity contribution is 7.98. The molecule has 7 nitrogen and oxygen atoms in total. The van der Waals surface area contributed by atoms with Gasteiger partial charge in [0.05, 0.1) is 36.3 Å². The molecule has 150 valence electrons. The number of aryl methyl sites for hydroxylation is 1. The monoisotopic (exact) mass is 410 g/mol. The van der Waals surface area contributed by atoms with E-state index < -0.39 is 0 Å². The Balaban J connectivity index is 1.55. The predicted octanol–water partition coefficient (Wildman–Crippen LogP) is 3.18. The van der Waals surface area contributed by atoms with Gasteiger partial charge in [-0.1, -0.05) is 0 Å². The molecule has 5 heterocycles. The molecule has 2 aliphatic rings. The zero-order valence-corrected chi connectivity index (χ0v) is 17.2. The lowest BCUT2D eigenvalue weighted by atomic mass is 9.90. The van der Waals surface area contributed by atoms with Crippen LogP contribution in [-0.4, -0.2) is 32.2 Å². The van der Waals surface area contributed by atoms with E-state index in [-0.39, 0.29) is 17.6 Å². The first-order valence-corrected chi connectivity index (χ1v) is 11.0. The van der Waals surface area contributed by atoms with Crippen LogP contribution in [0.2, 0.25) is 0 Å². The number of thioether (sulfide) groups is 1. The lowest BCUT2D eigenvalue weighted by Gasteiger charge is -2.30. The SMILES string of the molecule is CSc1nc(C2CCOC(c3ccnc(C)c3)C2)cn2c(=O)c3c(nc12)COC3. The Morgan fingerprint density at radius 3 is 3.00 bits per heavy atom. The summed E-state index contributed by atoms with van der Waals surface area (Å²) >= 11 is 1.52. The lowest BCUT2D eigenvalue weighted by Crippen LogP contribution is -2.24. The quantitative estimate of drug-likeness (QED) is 0.614. The summed E-state index contributed by atoms with van der Waals surface area (Å²) in [6.45, 7) is 3.37. The van der Waals surface area contributed by atoms with Gasteiger partial charge in [-0.2, -0.15) is 0 Å². The van der Waals surface area contributed by atoms with Crippen LogP contribution >= 0.6 is 11.8 Å². The Hall–Kier alpha value is -2.29. The number of fused-ring (bicyclic) bond motifs is 2. The second-order valence-corrected chi connectivity index (χ2v) is 8.31. The third kappa shape index (κ3) is 3.35. The summed E-state index contributed by atoms with van der Waals surface area (Å²) in [6, 6.07) is 4.09. The van der Waals surface area contributed by atoms with E-state index >= 15 is 0 Å². The molecule has 0 radical (unpaired) electrons. The fourth-order valence-electron chi connectivity index (χ4n) is 4.13. The number of pyridine rings is 1. The fraction of sp³-hybridized carbons (Fsp3) is 0.429. The van der Waals surface area contributed by atoms with Crippen molar-refractivity contribution in [2.75, 3.05) is 12.9 Å². The zero-order valence-electron chi connectivity index (χ0n) is 16.4. The minimum absolute atomic E-state index is 0.00828. The average Bonchev–Trinajstić information content (AvgIpc) is 3.22. The molecule has 8 heteroatoms. The van der Waals surface area contributed by atoms with E-state index in [9.17, 15) is 4.79 Å². The van der Waals surface area contributed by atoms with Crippen molar-refractivity contribution in [3.63, 3.8) is 0 Å². The molecule has 0 aliphatic carbocycles. The molecule has 0 bridgehead atoms. The molecule has 0 amide bonds. The first-order chi connectivity index (χ1) is 14.1. The van der Waals surface area contributed by atoms with Crippen LogP contribution in [-0.2, 0) is 22.7 Å². The van der Waals surface area contributed by atoms with Gasteiger partial charge in [-0.05, 0) is 43.7 Å². The van der Waals surface area contributed by atoms with Gasteiger partial charge in [-0.3, -0.25) is 14.2 Å². The standard InChI is InChI=1S/C21H22N4O3S/c1-12-7-14(3-5-22-12)18-8-13(4-6-28-18)16-9-25-19(20(24-16)29-2)23-17-11-27-10-15(17)21(25)26/h3,5,7,9,13,18H,4,6,8,10-11H2,1-2H3. The molecule has 3 aromatic rings. The number of hydrogen-bond donors (Lipinski definition) is 0. The highest BCUT2D eigenvalue weighted by Crippen LogP contribution is 2.37. The molecule has 3 aromatic heterocycles. The molecular formula is C21H22N4O3S. The van der Waals surface area contributed by atoms with Crippen LogP contribution in [0.15, 0.2) is 34.3 Å². The van der Waals surface area contributed by atoms with Crippen molar-refractivity contribution < 1.29 is 9.47 Å². The maximum Gasteiger partial charge on any atom is 0.263 e. The van der Waals surface area contributed by atoms with E-state index in [2.05, 4.69) is 16.0 Å². The highest BCUT2D eigenvalue weighted by Gasteiger charge is 2.28. The summed E-state index contributed by atoms with van der Waals surface area (Å²) < 4.78 is 13.1. The molecule has 1 saturated heterocycles. The van der Waals surface area contributed by atoms with Crippen molar-refractivity contribution in [1.82, 2.24) is 19.4 Å². The Bertz CT molecular complexity index is 1150. The largest absolute Gasteiger partial charge is 0.373 e. The predicted molar refractivity (Wildman–Crippen MR) is 109 cm³/mol. The van der Waals surface area contributed by atoms with E-state index in [4.69, 9.17) is 14.5 Å². The Labute approximate surface area is 172 Å². The highest BCUT2D eigenvalue weighted by atomic mass is 32.2. The molecule has 0 N–H and O–H groups in total. The number of aromatic nitrogens is 4. The van der Waals surface area contributed by atoms with Crippen LogP contribution in [0.4, 0.5) is 0 Å². The minimum Gasteiger partial charge on any atom is -0.373 e. The van der Waals surface area contributed by atoms with Gasteiger partial charge < -0.3 is 9.47 Å². The van der Waals surface area contributed by atoms with Crippen LogP contribution in [0.5, 0.6) is 0 Å². The topological polar surface area (TPSA) is 78.6 Å². The Morgan fingerprint density at radius 1 is 1.28 bits per heavy atom. The third-order valence-corrected chi connectivity index (χ3v) is 6.31. The molecule has 0 saturated carbocycles. The average molecular weight is 410 g/mol. The molecule has 5 rings (SSSR count). The molecule has 0 spiro atoms. The van der Waals surface area contributed by atoms with E-state index in [0.29, 0.717) is 31.0 Å². The Kier molecular flexibility index (Phi) is 4.85. The first-order valence-electron chi connectivity index (χ1n) is 9.75. The summed E-state index contributed by atoms with van der Waals surface area (Å²) in [4.78, 5) is 26.9. The van der Waals surface area contributed by atoms with Gasteiger partial charge in [0.15, 0.2) is 5.65 Å². The summed E-state index contributed by atoms with van der Waals surface area (Å²) in [5.74, 6) is 0.217. The normalized spacial score (nSPS) is 21.4. The van der Waals surface area contributed by atoms with Gasteiger partial charge >= 0.3 is 0 Å². The molecule has 1 fully saturated rings. The van der Waals surface area contributed by atoms with Gasteiger partial charge in [0.1, 0.15) is 5.03 Å². The van der Waals surface area contributed by atoms with Crippen molar-refractivity contribution >= 4 is 17.4 Å². The smallest absolute Gasteiger partial charge is 0.263 e. The summed E-state index contributed by atoms with van der Waals surface area (Å²) in [6.07, 6.45) is 7.37. The second kappa shape index (κ2) is 7.51. The summed E-state index contributed by atoms with van der Waals surface area (Å²) in [7, 11) is 0. The first kappa shape index (κ1) is 18.7. The molecule has 29 heavy (non-hydrogen) atoms. The molecular weight excluding hydrogens is 388 g/mol. The zero-order chi connectivity index (χ0) is 20.0. The van der Waals surface area contributed by atoms with Crippen LogP contribution in [0.3, 0.4) is 0 Å². The van der Waals surface area contributed by atoms with Crippen LogP contribution < -0.4 is 5.56 Å². The van der Waals surface area contributed by atoms with E-state index in [1.165, 1.54) is 11.8 Å². The molecule has 0 aromatic carbocycles. The van der Waals surface area contributed by atoms with Crippen molar-refractivity contribution in [3.8, 4) is 0 Å².